The summed E-state index contributed by atoms with van der Waals surface area (Å²) >= 11 is 1.35. The molecule has 0 saturated carbocycles. The molecule has 224 valence electrons. The number of hydrogen-bond acceptors (Lipinski definition) is 10. The maximum atomic E-state index is 13.1. The SMILES string of the molecule is C[C@@H](NC(=O)Cn1nnc(C(F)(F)F)n1)[C@H]1C(=O)N2C(C(=O)O)=C(S[C@@H]3CN[C@H](C(=O)N4CC[C@@H](N)C4)C3)[C@H](C)[C@H]12. The van der Waals surface area contributed by atoms with E-state index in [4.69, 9.17) is 5.73 Å². The van der Waals surface area contributed by atoms with Crippen LogP contribution in [0.2, 0.25) is 0 Å². The van der Waals surface area contributed by atoms with Crippen molar-refractivity contribution in [2.75, 3.05) is 19.6 Å². The fourth-order valence-electron chi connectivity index (χ4n) is 6.01. The molecule has 5 N–H and O–H groups in total. The van der Waals surface area contributed by atoms with Crippen LogP contribution in [0.1, 0.15) is 32.5 Å². The van der Waals surface area contributed by atoms with Gasteiger partial charge in [0.15, 0.2) is 0 Å². The van der Waals surface area contributed by atoms with E-state index in [1.807, 2.05) is 6.92 Å². The molecule has 18 heteroatoms. The molecule has 1 aromatic heterocycles. The number of carbonyl (C=O) groups is 4. The second-order valence-electron chi connectivity index (χ2n) is 10.8. The Kier molecular flexibility index (Phi) is 7.75. The first-order valence-corrected chi connectivity index (χ1v) is 14.0. The van der Waals surface area contributed by atoms with Gasteiger partial charge >= 0.3 is 12.1 Å². The van der Waals surface area contributed by atoms with E-state index in [-0.39, 0.29) is 28.8 Å². The molecule has 1 aromatic rings. The van der Waals surface area contributed by atoms with Gasteiger partial charge in [-0.3, -0.25) is 14.4 Å². The molecule has 41 heavy (non-hydrogen) atoms. The Hall–Kier alpha value is -3.25. The minimum Gasteiger partial charge on any atom is -0.477 e. The minimum absolute atomic E-state index is 0.0210. The van der Waals surface area contributed by atoms with Crippen LogP contribution < -0.4 is 16.4 Å². The molecule has 0 aliphatic carbocycles. The van der Waals surface area contributed by atoms with E-state index in [0.717, 1.165) is 6.42 Å². The molecule has 14 nitrogen and oxygen atoms in total. The number of likely N-dealkylation sites (tertiary alicyclic amines) is 1. The summed E-state index contributed by atoms with van der Waals surface area (Å²) in [6, 6.07) is -1.69. The topological polar surface area (TPSA) is 189 Å². The van der Waals surface area contributed by atoms with Crippen molar-refractivity contribution in [1.82, 2.24) is 40.6 Å². The fourth-order valence-corrected chi connectivity index (χ4v) is 7.49. The van der Waals surface area contributed by atoms with Crippen LogP contribution in [0.4, 0.5) is 13.2 Å². The lowest BCUT2D eigenvalue weighted by Crippen LogP contribution is -2.66. The number of halogens is 3. The predicted molar refractivity (Wildman–Crippen MR) is 135 cm³/mol. The van der Waals surface area contributed by atoms with Gasteiger partial charge in [-0.1, -0.05) is 6.92 Å². The summed E-state index contributed by atoms with van der Waals surface area (Å²) in [6.45, 7) is 4.37. The Bertz CT molecular complexity index is 1290. The number of nitrogens with one attached hydrogen (secondary N) is 2. The number of thioether (sulfide) groups is 1. The van der Waals surface area contributed by atoms with Gasteiger partial charge in [0.25, 0.3) is 5.82 Å². The van der Waals surface area contributed by atoms with Crippen LogP contribution in [0.15, 0.2) is 10.6 Å². The number of carboxylic acids is 1. The van der Waals surface area contributed by atoms with E-state index in [1.54, 1.807) is 11.8 Å². The second-order valence-corrected chi connectivity index (χ2v) is 12.1. The van der Waals surface area contributed by atoms with Crippen LogP contribution in [0, 0.1) is 11.8 Å². The zero-order valence-corrected chi connectivity index (χ0v) is 23.0. The molecule has 4 aliphatic rings. The van der Waals surface area contributed by atoms with Gasteiger partial charge in [-0.2, -0.15) is 18.0 Å². The third kappa shape index (κ3) is 5.51. The average Bonchev–Trinajstić information content (AvgIpc) is 3.66. The number of alkyl halides is 3. The molecule has 0 unspecified atom stereocenters. The molecule has 7 atom stereocenters. The Labute approximate surface area is 236 Å². The van der Waals surface area contributed by atoms with Crippen molar-refractivity contribution in [3.8, 4) is 0 Å². The summed E-state index contributed by atoms with van der Waals surface area (Å²) in [4.78, 5) is 54.8. The van der Waals surface area contributed by atoms with Crippen LogP contribution in [-0.2, 0) is 31.9 Å². The number of fused-ring (bicyclic) bond motifs is 1. The monoisotopic (exact) mass is 601 g/mol. The molecule has 0 spiro atoms. The van der Waals surface area contributed by atoms with Crippen molar-refractivity contribution in [2.45, 2.75) is 68.8 Å². The molecule has 3 saturated heterocycles. The summed E-state index contributed by atoms with van der Waals surface area (Å²) in [5.41, 5.74) is 5.83. The fraction of sp³-hybridized carbons (Fsp3) is 0.696. The highest BCUT2D eigenvalue weighted by molar-refractivity contribution is 8.03. The maximum Gasteiger partial charge on any atom is 0.455 e. The van der Waals surface area contributed by atoms with Crippen molar-refractivity contribution < 1.29 is 37.5 Å². The van der Waals surface area contributed by atoms with Crippen LogP contribution in [-0.4, -0.2) is 108 Å². The van der Waals surface area contributed by atoms with Crippen LogP contribution >= 0.6 is 11.8 Å². The lowest BCUT2D eigenvalue weighted by atomic mass is 9.78. The maximum absolute atomic E-state index is 13.1. The third-order valence-electron chi connectivity index (χ3n) is 7.93. The molecule has 3 fully saturated rings. The van der Waals surface area contributed by atoms with Crippen molar-refractivity contribution in [3.05, 3.63) is 16.4 Å². The van der Waals surface area contributed by atoms with Crippen molar-refractivity contribution in [1.29, 1.82) is 0 Å². The highest BCUT2D eigenvalue weighted by atomic mass is 32.2. The summed E-state index contributed by atoms with van der Waals surface area (Å²) < 4.78 is 38.1. The van der Waals surface area contributed by atoms with Gasteiger partial charge in [0.1, 0.15) is 12.2 Å². The van der Waals surface area contributed by atoms with Gasteiger partial charge in [-0.25, -0.2) is 4.79 Å². The second kappa shape index (κ2) is 10.9. The number of hydrogen-bond donors (Lipinski definition) is 4. The Morgan fingerprint density at radius 3 is 2.66 bits per heavy atom. The summed E-state index contributed by atoms with van der Waals surface area (Å²) in [7, 11) is 0. The van der Waals surface area contributed by atoms with E-state index in [0.29, 0.717) is 35.8 Å². The molecule has 0 bridgehead atoms. The summed E-state index contributed by atoms with van der Waals surface area (Å²) in [5, 5.41) is 25.0. The highest BCUT2D eigenvalue weighted by Gasteiger charge is 2.60. The summed E-state index contributed by atoms with van der Waals surface area (Å²) in [5.74, 6) is -5.04. The van der Waals surface area contributed by atoms with Crippen LogP contribution in [0.3, 0.4) is 0 Å². The van der Waals surface area contributed by atoms with Crippen molar-refractivity contribution >= 4 is 35.5 Å². The first-order chi connectivity index (χ1) is 19.3. The Morgan fingerprint density at radius 1 is 1.32 bits per heavy atom. The first-order valence-electron chi connectivity index (χ1n) is 13.2. The van der Waals surface area contributed by atoms with Crippen molar-refractivity contribution in [3.63, 3.8) is 0 Å². The number of aliphatic carboxylic acids is 1. The summed E-state index contributed by atoms with van der Waals surface area (Å²) in [6.07, 6.45) is -3.55. The van der Waals surface area contributed by atoms with Gasteiger partial charge in [-0.05, 0) is 25.0 Å². The highest BCUT2D eigenvalue weighted by Crippen LogP contribution is 2.51. The number of β-lactam (4-membered cyclic amide) rings is 1. The van der Waals surface area contributed by atoms with Gasteiger partial charge in [0.05, 0.1) is 18.0 Å². The van der Waals surface area contributed by atoms with Crippen LogP contribution in [0.5, 0.6) is 0 Å². The number of tetrazole rings is 1. The number of nitrogens with zero attached hydrogens (tertiary/aromatic N) is 6. The lowest BCUT2D eigenvalue weighted by molar-refractivity contribution is -0.158. The standard InChI is InChI=1S/C23H30F3N9O5S/c1-9-16-15(10(2)29-14(36)8-34-31-22(30-32-34)23(24,25)26)20(38)35(16)17(21(39)40)18(9)41-12-5-13(28-6-12)19(37)33-4-3-11(27)7-33/h9-13,15-16,28H,3-8,27H2,1-2H3,(H,29,36)(H,39,40)/t9-,10-,11-,12+,13+,15-,16-/m1/s1. The predicted octanol–water partition coefficient (Wildman–Crippen LogP) is -1.01. The normalized spacial score (nSPS) is 30.4. The molecular weight excluding hydrogens is 571 g/mol. The molecule has 3 amide bonds. The lowest BCUT2D eigenvalue weighted by Gasteiger charge is -2.47. The van der Waals surface area contributed by atoms with E-state index < -0.39 is 60.4 Å². The molecule has 4 aliphatic heterocycles. The molecule has 5 heterocycles. The largest absolute Gasteiger partial charge is 0.477 e. The van der Waals surface area contributed by atoms with Gasteiger partial charge in [-0.15, -0.1) is 22.0 Å². The van der Waals surface area contributed by atoms with E-state index >= 15 is 0 Å². The number of rotatable bonds is 8. The van der Waals surface area contributed by atoms with E-state index in [1.165, 1.54) is 16.7 Å². The number of carboxylic acid groups (broad SMARTS) is 1. The number of carbonyl (C=O) groups excluding carboxylic acids is 3. The zero-order valence-electron chi connectivity index (χ0n) is 22.2. The van der Waals surface area contributed by atoms with Gasteiger partial charge < -0.3 is 31.3 Å². The van der Waals surface area contributed by atoms with Crippen molar-refractivity contribution in [2.24, 2.45) is 17.6 Å². The quantitative estimate of drug-likeness (QED) is 0.267. The first kappa shape index (κ1) is 29.2. The van der Waals surface area contributed by atoms with Gasteiger partial charge in [0.2, 0.25) is 17.7 Å². The molecular formula is C23H30F3N9O5S. The third-order valence-corrected chi connectivity index (χ3v) is 9.44. The number of amides is 3. The van der Waals surface area contributed by atoms with E-state index in [9.17, 15) is 37.5 Å². The van der Waals surface area contributed by atoms with Crippen LogP contribution in [0.25, 0.3) is 0 Å². The average molecular weight is 602 g/mol. The molecule has 5 rings (SSSR count). The Morgan fingerprint density at radius 2 is 2.05 bits per heavy atom. The number of nitrogens with two attached hydrogens (primary N) is 1. The van der Waals surface area contributed by atoms with Gasteiger partial charge in [0, 0.05) is 47.8 Å². The smallest absolute Gasteiger partial charge is 0.455 e. The molecule has 0 radical (unpaired) electrons. The Balaban J connectivity index is 1.21. The number of aromatic nitrogens is 4. The zero-order chi connectivity index (χ0) is 29.8. The minimum atomic E-state index is -4.81. The molecule has 0 aromatic carbocycles. The van der Waals surface area contributed by atoms with E-state index in [2.05, 4.69) is 26.0 Å².